The van der Waals surface area contributed by atoms with Crippen LogP contribution in [0.2, 0.25) is 0 Å². The van der Waals surface area contributed by atoms with Gasteiger partial charge in [-0.05, 0) is 61.6 Å². The van der Waals surface area contributed by atoms with E-state index in [1.807, 2.05) is 12.3 Å². The molecule has 0 fully saturated rings. The maximum absolute atomic E-state index is 4.77. The fourth-order valence-electron chi connectivity index (χ4n) is 3.32. The van der Waals surface area contributed by atoms with Gasteiger partial charge in [0.2, 0.25) is 5.95 Å². The summed E-state index contributed by atoms with van der Waals surface area (Å²) in [5.41, 5.74) is 6.09. The molecule has 0 aliphatic carbocycles. The number of anilines is 4. The van der Waals surface area contributed by atoms with Crippen molar-refractivity contribution >= 4 is 23.1 Å². The molecule has 0 unspecified atom stereocenters. The molecule has 0 atom stereocenters. The number of aryl methyl sites for hydroxylation is 3. The Bertz CT molecular complexity index is 904. The van der Waals surface area contributed by atoms with Gasteiger partial charge in [0.1, 0.15) is 5.82 Å². The van der Waals surface area contributed by atoms with Crippen molar-refractivity contribution in [2.45, 2.75) is 26.7 Å². The number of nitrogens with one attached hydrogen (secondary N) is 1. The van der Waals surface area contributed by atoms with Crippen LogP contribution in [0.4, 0.5) is 23.1 Å². The number of aromatic nitrogens is 2. The molecule has 0 saturated heterocycles. The largest absolute Gasteiger partial charge is 0.326 e. The summed E-state index contributed by atoms with van der Waals surface area (Å²) >= 11 is 0. The summed E-state index contributed by atoms with van der Waals surface area (Å²) in [6.45, 7) is 5.16. The highest BCUT2D eigenvalue weighted by molar-refractivity contribution is 5.67. The second kappa shape index (κ2) is 6.55. The highest BCUT2D eigenvalue weighted by Crippen LogP contribution is 2.32. The Morgan fingerprint density at radius 3 is 2.84 bits per heavy atom. The fourth-order valence-corrected chi connectivity index (χ4v) is 3.32. The fraction of sp³-hybridized carbons (Fsp3) is 0.238. The Hall–Kier alpha value is -2.88. The van der Waals surface area contributed by atoms with Crippen molar-refractivity contribution in [2.75, 3.05) is 16.8 Å². The number of hydrogen-bond acceptors (Lipinski definition) is 4. The summed E-state index contributed by atoms with van der Waals surface area (Å²) in [5.74, 6) is 1.57. The van der Waals surface area contributed by atoms with Crippen LogP contribution in [0.25, 0.3) is 0 Å². The molecule has 1 aliphatic heterocycles. The molecule has 126 valence electrons. The Labute approximate surface area is 148 Å². The maximum Gasteiger partial charge on any atom is 0.229 e. The van der Waals surface area contributed by atoms with Crippen molar-refractivity contribution in [3.05, 3.63) is 71.4 Å². The quantitative estimate of drug-likeness (QED) is 0.740. The summed E-state index contributed by atoms with van der Waals surface area (Å²) in [4.78, 5) is 11.5. The van der Waals surface area contributed by atoms with Gasteiger partial charge in [0, 0.05) is 24.1 Å². The Morgan fingerprint density at radius 1 is 1.04 bits per heavy atom. The smallest absolute Gasteiger partial charge is 0.229 e. The Balaban J connectivity index is 1.66. The first-order chi connectivity index (χ1) is 12.2. The van der Waals surface area contributed by atoms with Crippen LogP contribution < -0.4 is 10.2 Å². The van der Waals surface area contributed by atoms with Crippen molar-refractivity contribution in [3.63, 3.8) is 0 Å². The molecule has 25 heavy (non-hydrogen) atoms. The van der Waals surface area contributed by atoms with E-state index >= 15 is 0 Å². The lowest BCUT2D eigenvalue weighted by molar-refractivity contribution is 0.759. The van der Waals surface area contributed by atoms with Crippen LogP contribution in [0.3, 0.4) is 0 Å². The van der Waals surface area contributed by atoms with Gasteiger partial charge in [0.15, 0.2) is 0 Å². The number of nitrogens with zero attached hydrogens (tertiary/aromatic N) is 3. The minimum absolute atomic E-state index is 0.634. The molecule has 3 aromatic rings. The average molecular weight is 330 g/mol. The predicted molar refractivity (Wildman–Crippen MR) is 103 cm³/mol. The van der Waals surface area contributed by atoms with Gasteiger partial charge in [-0.3, -0.25) is 0 Å². The van der Waals surface area contributed by atoms with Crippen LogP contribution in [0.15, 0.2) is 54.7 Å². The molecular formula is C21H22N4. The van der Waals surface area contributed by atoms with Crippen molar-refractivity contribution in [2.24, 2.45) is 0 Å². The summed E-state index contributed by atoms with van der Waals surface area (Å²) in [6.07, 6.45) is 4.10. The average Bonchev–Trinajstić information content (AvgIpc) is 2.64. The van der Waals surface area contributed by atoms with E-state index in [-0.39, 0.29) is 0 Å². The van der Waals surface area contributed by atoms with Crippen LogP contribution in [-0.2, 0) is 6.42 Å². The second-order valence-corrected chi connectivity index (χ2v) is 6.57. The van der Waals surface area contributed by atoms with Gasteiger partial charge in [-0.15, -0.1) is 0 Å². The van der Waals surface area contributed by atoms with E-state index in [0.717, 1.165) is 30.9 Å². The molecule has 1 N–H and O–H groups in total. The zero-order valence-corrected chi connectivity index (χ0v) is 14.7. The van der Waals surface area contributed by atoms with Crippen LogP contribution in [-0.4, -0.2) is 16.5 Å². The predicted octanol–water partition coefficient (Wildman–Crippen LogP) is 4.92. The normalized spacial score (nSPS) is 13.4. The number of benzene rings is 2. The van der Waals surface area contributed by atoms with Crippen molar-refractivity contribution in [1.29, 1.82) is 0 Å². The number of hydrogen-bond donors (Lipinski definition) is 1. The van der Waals surface area contributed by atoms with Crippen molar-refractivity contribution in [3.8, 4) is 0 Å². The molecule has 0 radical (unpaired) electrons. The Morgan fingerprint density at radius 2 is 1.92 bits per heavy atom. The number of para-hydroxylation sites is 1. The highest BCUT2D eigenvalue weighted by Gasteiger charge is 2.19. The van der Waals surface area contributed by atoms with E-state index in [0.29, 0.717) is 5.95 Å². The molecule has 1 aromatic heterocycles. The molecule has 1 aliphatic rings. The van der Waals surface area contributed by atoms with Crippen LogP contribution in [0.1, 0.15) is 23.1 Å². The van der Waals surface area contributed by atoms with E-state index in [2.05, 4.69) is 71.5 Å². The summed E-state index contributed by atoms with van der Waals surface area (Å²) < 4.78 is 0. The first-order valence-corrected chi connectivity index (χ1v) is 8.73. The molecule has 4 nitrogen and oxygen atoms in total. The van der Waals surface area contributed by atoms with Gasteiger partial charge in [-0.25, -0.2) is 4.98 Å². The highest BCUT2D eigenvalue weighted by atomic mass is 15.2. The van der Waals surface area contributed by atoms with E-state index in [4.69, 9.17) is 4.98 Å². The lowest BCUT2D eigenvalue weighted by Crippen LogP contribution is -2.25. The number of fused-ring (bicyclic) bond motifs is 1. The van der Waals surface area contributed by atoms with Gasteiger partial charge in [-0.1, -0.05) is 30.3 Å². The van der Waals surface area contributed by atoms with Gasteiger partial charge < -0.3 is 10.2 Å². The molecule has 0 bridgehead atoms. The van der Waals surface area contributed by atoms with E-state index in [9.17, 15) is 0 Å². The van der Waals surface area contributed by atoms with Crippen LogP contribution in [0, 0.1) is 13.8 Å². The third-order valence-electron chi connectivity index (χ3n) is 4.67. The number of rotatable bonds is 3. The van der Waals surface area contributed by atoms with Gasteiger partial charge in [-0.2, -0.15) is 4.98 Å². The molecule has 0 amide bonds. The second-order valence-electron chi connectivity index (χ2n) is 6.57. The molecular weight excluding hydrogens is 308 g/mol. The lowest BCUT2D eigenvalue weighted by Gasteiger charge is -2.30. The third kappa shape index (κ3) is 3.20. The minimum atomic E-state index is 0.634. The Kier molecular flexibility index (Phi) is 4.10. The summed E-state index contributed by atoms with van der Waals surface area (Å²) in [5, 5.41) is 3.37. The molecule has 2 heterocycles. The van der Waals surface area contributed by atoms with Crippen LogP contribution in [0.5, 0.6) is 0 Å². The molecule has 4 heteroatoms. The molecule has 0 saturated carbocycles. The molecule has 4 rings (SSSR count). The van der Waals surface area contributed by atoms with Gasteiger partial charge >= 0.3 is 0 Å². The first kappa shape index (κ1) is 15.6. The van der Waals surface area contributed by atoms with Crippen molar-refractivity contribution < 1.29 is 0 Å². The van der Waals surface area contributed by atoms with Gasteiger partial charge in [0.25, 0.3) is 0 Å². The minimum Gasteiger partial charge on any atom is -0.326 e. The van der Waals surface area contributed by atoms with Crippen LogP contribution >= 0.6 is 0 Å². The SMILES string of the molecule is Cc1ccc(C)c(Nc2nccc(N3CCCc4ccccc43)n2)c1. The maximum atomic E-state index is 4.77. The van der Waals surface area contributed by atoms with E-state index in [1.54, 1.807) is 0 Å². The lowest BCUT2D eigenvalue weighted by atomic mass is 10.0. The first-order valence-electron chi connectivity index (χ1n) is 8.73. The van der Waals surface area contributed by atoms with Gasteiger partial charge in [0.05, 0.1) is 0 Å². The molecule has 2 aromatic carbocycles. The van der Waals surface area contributed by atoms with E-state index in [1.165, 1.54) is 22.4 Å². The monoisotopic (exact) mass is 330 g/mol. The topological polar surface area (TPSA) is 41.1 Å². The standard InChI is InChI=1S/C21H22N4/c1-15-9-10-16(2)18(14-15)23-21-22-12-11-20(24-21)25-13-5-7-17-6-3-4-8-19(17)25/h3-4,6,8-12,14H,5,7,13H2,1-2H3,(H,22,23,24). The summed E-state index contributed by atoms with van der Waals surface area (Å²) in [7, 11) is 0. The van der Waals surface area contributed by atoms with E-state index < -0.39 is 0 Å². The third-order valence-corrected chi connectivity index (χ3v) is 4.67. The van der Waals surface area contributed by atoms with Crippen molar-refractivity contribution in [1.82, 2.24) is 9.97 Å². The zero-order chi connectivity index (χ0) is 17.2. The molecule has 0 spiro atoms. The summed E-state index contributed by atoms with van der Waals surface area (Å²) in [6, 6.07) is 16.9. The zero-order valence-electron chi connectivity index (χ0n) is 14.7.